The molecule has 0 aliphatic carbocycles. The van der Waals surface area contributed by atoms with Gasteiger partial charge in [0, 0.05) is 6.20 Å². The van der Waals surface area contributed by atoms with Crippen LogP contribution in [0.25, 0.3) is 0 Å². The molecule has 0 radical (unpaired) electrons. The topological polar surface area (TPSA) is 112 Å². The van der Waals surface area contributed by atoms with E-state index in [2.05, 4.69) is 15.6 Å². The third-order valence-electron chi connectivity index (χ3n) is 5.33. The van der Waals surface area contributed by atoms with Crippen LogP contribution in [-0.4, -0.2) is 46.7 Å². The summed E-state index contributed by atoms with van der Waals surface area (Å²) < 4.78 is 0. The van der Waals surface area contributed by atoms with Gasteiger partial charge in [0.2, 0.25) is 11.8 Å². The lowest BCUT2D eigenvalue weighted by molar-refractivity contribution is -0.134. The van der Waals surface area contributed by atoms with E-state index in [4.69, 9.17) is 0 Å². The van der Waals surface area contributed by atoms with E-state index in [0.29, 0.717) is 17.1 Å². The maximum Gasteiger partial charge on any atom is 0.325 e. The van der Waals surface area contributed by atoms with Crippen molar-refractivity contribution in [1.82, 2.24) is 15.2 Å². The van der Waals surface area contributed by atoms with Crippen LogP contribution >= 0.6 is 0 Å². The average molecular weight is 407 g/mol. The minimum atomic E-state index is -1.27. The van der Waals surface area contributed by atoms with Crippen molar-refractivity contribution in [1.29, 1.82) is 0 Å². The lowest BCUT2D eigenvalue weighted by atomic mass is 9.91. The number of fused-ring (bicyclic) bond motifs is 1. The number of hydrogen-bond donors (Lipinski definition) is 2. The monoisotopic (exact) mass is 407 g/mol. The molecule has 1 fully saturated rings. The van der Waals surface area contributed by atoms with Crippen LogP contribution in [0, 0.1) is 13.8 Å². The molecule has 2 aliphatic rings. The number of aryl methyl sites for hydroxylation is 2. The highest BCUT2D eigenvalue weighted by Crippen LogP contribution is 2.31. The van der Waals surface area contributed by atoms with Crippen LogP contribution in [0.3, 0.4) is 0 Å². The van der Waals surface area contributed by atoms with Crippen molar-refractivity contribution in [3.8, 4) is 0 Å². The Morgan fingerprint density at radius 2 is 1.83 bits per heavy atom. The van der Waals surface area contributed by atoms with Gasteiger partial charge >= 0.3 is 6.03 Å². The molecule has 2 aromatic rings. The number of aromatic nitrogens is 1. The number of anilines is 2. The highest BCUT2D eigenvalue weighted by molar-refractivity contribution is 6.13. The number of nitrogens with one attached hydrogen (secondary N) is 2. The number of pyridine rings is 1. The lowest BCUT2D eigenvalue weighted by Gasteiger charge is -2.29. The SMILES string of the molecule is Cc1ccc([C@@]2(C)NC(=O)N(CC(=O)N3CC(=O)Nc4cc(C)cnc43)C2=O)cc1. The second kappa shape index (κ2) is 6.94. The third kappa shape index (κ3) is 3.18. The van der Waals surface area contributed by atoms with E-state index in [-0.39, 0.29) is 12.5 Å². The standard InChI is InChI=1S/C21H21N5O4/c1-12-4-6-14(7-5-12)21(3)19(29)26(20(30)24-21)11-17(28)25-10-16(27)23-15-8-13(2)9-22-18(15)25/h4-9H,10-11H2,1-3H3,(H,23,27)(H,24,30)/t21-/m1/s1. The Balaban J connectivity index is 1.58. The van der Waals surface area contributed by atoms with Crippen molar-refractivity contribution in [2.75, 3.05) is 23.3 Å². The fraction of sp³-hybridized carbons (Fsp3) is 0.286. The number of nitrogens with zero attached hydrogens (tertiary/aromatic N) is 3. The smallest absolute Gasteiger partial charge is 0.321 e. The van der Waals surface area contributed by atoms with Crippen molar-refractivity contribution in [2.45, 2.75) is 26.3 Å². The second-order valence-corrected chi connectivity index (χ2v) is 7.72. The molecule has 1 saturated heterocycles. The van der Waals surface area contributed by atoms with Crippen LogP contribution in [0.5, 0.6) is 0 Å². The van der Waals surface area contributed by atoms with Crippen LogP contribution < -0.4 is 15.5 Å². The predicted octanol–water partition coefficient (Wildman–Crippen LogP) is 1.45. The first-order chi connectivity index (χ1) is 14.2. The van der Waals surface area contributed by atoms with E-state index in [9.17, 15) is 19.2 Å². The Hall–Kier alpha value is -3.75. The van der Waals surface area contributed by atoms with Crippen LogP contribution in [-0.2, 0) is 19.9 Å². The summed E-state index contributed by atoms with van der Waals surface area (Å²) in [7, 11) is 0. The Bertz CT molecular complexity index is 1080. The number of rotatable bonds is 3. The molecule has 2 N–H and O–H groups in total. The van der Waals surface area contributed by atoms with Crippen molar-refractivity contribution in [2.24, 2.45) is 0 Å². The quantitative estimate of drug-likeness (QED) is 0.748. The number of imide groups is 1. The summed E-state index contributed by atoms with van der Waals surface area (Å²) in [6, 6.07) is 8.30. The van der Waals surface area contributed by atoms with Gasteiger partial charge in [-0.2, -0.15) is 0 Å². The van der Waals surface area contributed by atoms with Gasteiger partial charge in [-0.1, -0.05) is 29.8 Å². The van der Waals surface area contributed by atoms with Gasteiger partial charge in [0.15, 0.2) is 5.82 Å². The molecule has 4 rings (SSSR count). The van der Waals surface area contributed by atoms with Gasteiger partial charge in [-0.05, 0) is 38.0 Å². The first kappa shape index (κ1) is 19.6. The Labute approximate surface area is 173 Å². The minimum Gasteiger partial charge on any atom is -0.321 e. The normalized spacial score (nSPS) is 20.7. The van der Waals surface area contributed by atoms with Crippen LogP contribution in [0.15, 0.2) is 36.5 Å². The molecule has 9 nitrogen and oxygen atoms in total. The molecule has 3 heterocycles. The first-order valence-electron chi connectivity index (χ1n) is 9.47. The molecular weight excluding hydrogens is 386 g/mol. The summed E-state index contributed by atoms with van der Waals surface area (Å²) in [6.45, 7) is 4.62. The molecule has 1 atom stereocenters. The van der Waals surface area contributed by atoms with Gasteiger partial charge in [0.05, 0.1) is 5.69 Å². The molecule has 0 bridgehead atoms. The van der Waals surface area contributed by atoms with E-state index in [0.717, 1.165) is 16.0 Å². The third-order valence-corrected chi connectivity index (χ3v) is 5.33. The molecule has 154 valence electrons. The zero-order valence-electron chi connectivity index (χ0n) is 16.9. The van der Waals surface area contributed by atoms with Crippen molar-refractivity contribution < 1.29 is 19.2 Å². The summed E-state index contributed by atoms with van der Waals surface area (Å²) in [4.78, 5) is 56.9. The van der Waals surface area contributed by atoms with Gasteiger partial charge in [-0.25, -0.2) is 9.78 Å². The zero-order chi connectivity index (χ0) is 21.6. The highest BCUT2D eigenvalue weighted by Gasteiger charge is 2.50. The van der Waals surface area contributed by atoms with Crippen molar-refractivity contribution >= 4 is 35.3 Å². The molecule has 5 amide bonds. The molecule has 2 aliphatic heterocycles. The van der Waals surface area contributed by atoms with Gasteiger partial charge < -0.3 is 10.6 Å². The average Bonchev–Trinajstić information content (AvgIpc) is 2.91. The largest absolute Gasteiger partial charge is 0.325 e. The summed E-state index contributed by atoms with van der Waals surface area (Å²) in [5.74, 6) is -1.18. The van der Waals surface area contributed by atoms with Crippen molar-refractivity contribution in [3.05, 3.63) is 53.2 Å². The number of amides is 5. The van der Waals surface area contributed by atoms with E-state index in [1.807, 2.05) is 26.0 Å². The van der Waals surface area contributed by atoms with E-state index < -0.39 is 29.9 Å². The zero-order valence-corrected chi connectivity index (χ0v) is 16.9. The fourth-order valence-electron chi connectivity index (χ4n) is 3.63. The molecule has 0 saturated carbocycles. The molecular formula is C21H21N5O4. The van der Waals surface area contributed by atoms with Crippen molar-refractivity contribution in [3.63, 3.8) is 0 Å². The molecule has 1 aromatic heterocycles. The number of carbonyl (C=O) groups excluding carboxylic acids is 4. The van der Waals surface area contributed by atoms with E-state index in [1.54, 1.807) is 31.3 Å². The van der Waals surface area contributed by atoms with Crippen LogP contribution in [0.4, 0.5) is 16.3 Å². The second-order valence-electron chi connectivity index (χ2n) is 7.72. The lowest BCUT2D eigenvalue weighted by Crippen LogP contribution is -2.48. The molecule has 1 aromatic carbocycles. The minimum absolute atomic E-state index is 0.235. The Kier molecular flexibility index (Phi) is 4.53. The van der Waals surface area contributed by atoms with Gasteiger partial charge in [-0.3, -0.25) is 24.2 Å². The van der Waals surface area contributed by atoms with Crippen LogP contribution in [0.2, 0.25) is 0 Å². The van der Waals surface area contributed by atoms with E-state index in [1.165, 1.54) is 4.90 Å². The van der Waals surface area contributed by atoms with Gasteiger partial charge in [-0.15, -0.1) is 0 Å². The molecule has 30 heavy (non-hydrogen) atoms. The highest BCUT2D eigenvalue weighted by atomic mass is 16.2. The number of hydrogen-bond acceptors (Lipinski definition) is 5. The fourth-order valence-corrected chi connectivity index (χ4v) is 3.63. The summed E-state index contributed by atoms with van der Waals surface area (Å²) in [5.41, 5.74) is 1.63. The Morgan fingerprint density at radius 1 is 1.13 bits per heavy atom. The molecule has 0 unspecified atom stereocenters. The number of carbonyl (C=O) groups is 4. The maximum absolute atomic E-state index is 13.1. The molecule has 0 spiro atoms. The summed E-state index contributed by atoms with van der Waals surface area (Å²) >= 11 is 0. The van der Waals surface area contributed by atoms with E-state index >= 15 is 0 Å². The summed E-state index contributed by atoms with van der Waals surface area (Å²) in [5, 5.41) is 5.36. The summed E-state index contributed by atoms with van der Waals surface area (Å²) in [6.07, 6.45) is 1.58. The van der Waals surface area contributed by atoms with Gasteiger partial charge in [0.1, 0.15) is 18.6 Å². The maximum atomic E-state index is 13.1. The molecule has 9 heteroatoms. The number of benzene rings is 1. The predicted molar refractivity (Wildman–Crippen MR) is 109 cm³/mol. The Morgan fingerprint density at radius 3 is 2.53 bits per heavy atom. The van der Waals surface area contributed by atoms with Gasteiger partial charge in [0.25, 0.3) is 5.91 Å². The first-order valence-corrected chi connectivity index (χ1v) is 9.47. The number of urea groups is 1. The van der Waals surface area contributed by atoms with Crippen LogP contribution in [0.1, 0.15) is 23.6 Å².